The Labute approximate surface area is 140 Å². The first-order valence-corrected chi connectivity index (χ1v) is 9.24. The molecule has 0 spiro atoms. The molecule has 0 fully saturated rings. The average molecular weight is 340 g/mol. The molecule has 122 valence electrons. The molecule has 3 aromatic rings. The molecule has 0 saturated carbocycles. The van der Waals surface area contributed by atoms with Gasteiger partial charge in [0, 0.05) is 16.7 Å². The lowest BCUT2D eigenvalue weighted by atomic mass is 10.1. The maximum atomic E-state index is 12.8. The third-order valence-corrected chi connectivity index (χ3v) is 5.22. The predicted molar refractivity (Wildman–Crippen MR) is 92.2 cm³/mol. The van der Waals surface area contributed by atoms with Gasteiger partial charge in [0.1, 0.15) is 17.0 Å². The van der Waals surface area contributed by atoms with Crippen LogP contribution in [0.25, 0.3) is 11.3 Å². The van der Waals surface area contributed by atoms with Gasteiger partial charge in [0.2, 0.25) is 0 Å². The minimum atomic E-state index is -2.85. The summed E-state index contributed by atoms with van der Waals surface area (Å²) in [5.74, 6) is -0.241. The summed E-state index contributed by atoms with van der Waals surface area (Å²) in [6, 6.07) is 17.9. The Morgan fingerprint density at radius 1 is 1.04 bits per heavy atom. The topological polar surface area (TPSA) is 72.5 Å². The molecular formula is C18H16N2O3S. The number of hydrogen-bond acceptors (Lipinski definition) is 4. The van der Waals surface area contributed by atoms with Crippen molar-refractivity contribution in [1.82, 2.24) is 5.16 Å². The zero-order valence-electron chi connectivity index (χ0n) is 13.3. The van der Waals surface area contributed by atoms with Crippen molar-refractivity contribution >= 4 is 15.6 Å². The highest BCUT2D eigenvalue weighted by Gasteiger charge is 2.22. The first kappa shape index (κ1) is 16.1. The number of carbonyl (C=O) groups excluding carboxylic acids is 1. The smallest absolute Gasteiger partial charge is 0.291 e. The van der Waals surface area contributed by atoms with Crippen LogP contribution < -0.4 is 0 Å². The van der Waals surface area contributed by atoms with Gasteiger partial charge in [-0.3, -0.25) is 4.79 Å². The van der Waals surface area contributed by atoms with Crippen LogP contribution in [0.15, 0.2) is 74.4 Å². The van der Waals surface area contributed by atoms with E-state index in [0.717, 1.165) is 5.56 Å². The lowest BCUT2D eigenvalue weighted by Crippen LogP contribution is -2.05. The normalized spacial score (nSPS) is 13.2. The zero-order chi connectivity index (χ0) is 17.2. The van der Waals surface area contributed by atoms with Crippen LogP contribution in [-0.2, 0) is 9.73 Å². The molecule has 0 unspecified atom stereocenters. The zero-order valence-corrected chi connectivity index (χ0v) is 14.1. The molecule has 5 nitrogen and oxygen atoms in total. The molecule has 0 aliphatic carbocycles. The van der Waals surface area contributed by atoms with Gasteiger partial charge in [0.25, 0.3) is 5.91 Å². The van der Waals surface area contributed by atoms with Crippen LogP contribution >= 0.6 is 0 Å². The molecule has 2 aromatic carbocycles. The van der Waals surface area contributed by atoms with Gasteiger partial charge in [0.05, 0.1) is 9.73 Å². The third kappa shape index (κ3) is 3.14. The van der Waals surface area contributed by atoms with Crippen molar-refractivity contribution in [2.24, 2.45) is 4.36 Å². The Morgan fingerprint density at radius 2 is 1.62 bits per heavy atom. The Balaban J connectivity index is 2.08. The number of carbonyl (C=O) groups is 1. The first-order chi connectivity index (χ1) is 11.5. The highest BCUT2D eigenvalue weighted by Crippen LogP contribution is 2.26. The maximum absolute atomic E-state index is 12.8. The van der Waals surface area contributed by atoms with Gasteiger partial charge in [-0.2, -0.15) is 4.36 Å². The minimum absolute atomic E-state index is 0.242. The lowest BCUT2D eigenvalue weighted by Gasteiger charge is -2.04. The van der Waals surface area contributed by atoms with Crippen LogP contribution in [0.3, 0.4) is 0 Å². The summed E-state index contributed by atoms with van der Waals surface area (Å²) >= 11 is 0. The molecular weight excluding hydrogens is 324 g/mol. The fraction of sp³-hybridized carbons (Fsp3) is 0.111. The summed E-state index contributed by atoms with van der Waals surface area (Å²) in [6.45, 7) is 1.64. The summed E-state index contributed by atoms with van der Waals surface area (Å²) in [6.07, 6.45) is 1.45. The number of nitrogens with zero attached hydrogens (tertiary/aromatic N) is 2. The van der Waals surface area contributed by atoms with E-state index < -0.39 is 15.6 Å². The molecule has 1 aromatic heterocycles. The van der Waals surface area contributed by atoms with Crippen molar-refractivity contribution in [2.45, 2.75) is 11.8 Å². The summed E-state index contributed by atoms with van der Waals surface area (Å²) < 4.78 is 21.9. The molecule has 1 atom stereocenters. The van der Waals surface area contributed by atoms with E-state index in [0.29, 0.717) is 16.3 Å². The van der Waals surface area contributed by atoms with E-state index >= 15 is 0 Å². The van der Waals surface area contributed by atoms with E-state index in [1.54, 1.807) is 31.2 Å². The van der Waals surface area contributed by atoms with E-state index in [1.165, 1.54) is 6.26 Å². The SMILES string of the molecule is Cc1onc(-c2ccccc2)c1C(=O)N=[S@@](C)(=O)c1ccccc1. The van der Waals surface area contributed by atoms with Crippen LogP contribution in [-0.4, -0.2) is 21.5 Å². The van der Waals surface area contributed by atoms with Crippen LogP contribution in [0.4, 0.5) is 0 Å². The van der Waals surface area contributed by atoms with Gasteiger partial charge in [-0.15, -0.1) is 0 Å². The van der Waals surface area contributed by atoms with Crippen molar-refractivity contribution < 1.29 is 13.5 Å². The molecule has 3 rings (SSSR count). The van der Waals surface area contributed by atoms with Crippen molar-refractivity contribution in [1.29, 1.82) is 0 Å². The Kier molecular flexibility index (Phi) is 4.31. The fourth-order valence-corrected chi connectivity index (χ4v) is 3.52. The fourth-order valence-electron chi connectivity index (χ4n) is 2.35. The minimum Gasteiger partial charge on any atom is -0.360 e. The van der Waals surface area contributed by atoms with E-state index in [2.05, 4.69) is 9.52 Å². The molecule has 0 aliphatic rings. The largest absolute Gasteiger partial charge is 0.360 e. The molecule has 0 aliphatic heterocycles. The number of rotatable bonds is 3. The first-order valence-electron chi connectivity index (χ1n) is 7.32. The quantitative estimate of drug-likeness (QED) is 0.724. The standard InChI is InChI=1S/C18H16N2O3S/c1-13-16(17(19-23-13)14-9-5-3-6-10-14)18(21)20-24(2,22)15-11-7-4-8-12-15/h3-12H,1-2H3/t24-/m0/s1. The number of amides is 1. The van der Waals surface area contributed by atoms with Gasteiger partial charge in [-0.1, -0.05) is 53.7 Å². The Hall–Kier alpha value is -2.73. The van der Waals surface area contributed by atoms with E-state index in [1.807, 2.05) is 36.4 Å². The van der Waals surface area contributed by atoms with Crippen molar-refractivity contribution in [2.75, 3.05) is 6.26 Å². The summed E-state index contributed by atoms with van der Waals surface area (Å²) in [4.78, 5) is 13.2. The van der Waals surface area contributed by atoms with Gasteiger partial charge in [-0.05, 0) is 19.1 Å². The predicted octanol–water partition coefficient (Wildman–Crippen LogP) is 3.95. The Bertz CT molecular complexity index is 986. The molecule has 1 amide bonds. The number of benzene rings is 2. The van der Waals surface area contributed by atoms with E-state index in [-0.39, 0.29) is 5.56 Å². The number of aromatic nitrogens is 1. The highest BCUT2D eigenvalue weighted by molar-refractivity contribution is 7.93. The second-order valence-corrected chi connectivity index (χ2v) is 7.60. The highest BCUT2D eigenvalue weighted by atomic mass is 32.2. The summed E-state index contributed by atoms with van der Waals surface area (Å²) in [7, 11) is -2.85. The monoisotopic (exact) mass is 340 g/mol. The molecule has 0 radical (unpaired) electrons. The van der Waals surface area contributed by atoms with E-state index in [4.69, 9.17) is 4.52 Å². The molecule has 1 heterocycles. The Morgan fingerprint density at radius 3 is 2.25 bits per heavy atom. The van der Waals surface area contributed by atoms with Crippen LogP contribution in [0, 0.1) is 6.92 Å². The molecule has 0 saturated heterocycles. The van der Waals surface area contributed by atoms with Crippen LogP contribution in [0.1, 0.15) is 16.1 Å². The van der Waals surface area contributed by atoms with Gasteiger partial charge in [0.15, 0.2) is 0 Å². The summed E-state index contributed by atoms with van der Waals surface area (Å²) in [5.41, 5.74) is 1.40. The average Bonchev–Trinajstić information content (AvgIpc) is 2.98. The summed E-state index contributed by atoms with van der Waals surface area (Å²) in [5, 5.41) is 3.96. The number of aryl methyl sites for hydroxylation is 1. The van der Waals surface area contributed by atoms with Gasteiger partial charge < -0.3 is 4.52 Å². The second-order valence-electron chi connectivity index (χ2n) is 5.34. The third-order valence-electron chi connectivity index (χ3n) is 3.56. The molecule has 0 bridgehead atoms. The van der Waals surface area contributed by atoms with Gasteiger partial charge >= 0.3 is 0 Å². The maximum Gasteiger partial charge on any atom is 0.291 e. The van der Waals surface area contributed by atoms with Crippen molar-refractivity contribution in [3.8, 4) is 11.3 Å². The van der Waals surface area contributed by atoms with Crippen LogP contribution in [0.5, 0.6) is 0 Å². The lowest BCUT2D eigenvalue weighted by molar-refractivity contribution is 0.100. The molecule has 0 N–H and O–H groups in total. The van der Waals surface area contributed by atoms with Crippen molar-refractivity contribution in [3.05, 3.63) is 72.0 Å². The second kappa shape index (κ2) is 6.41. The molecule has 24 heavy (non-hydrogen) atoms. The van der Waals surface area contributed by atoms with E-state index in [9.17, 15) is 9.00 Å². The number of hydrogen-bond donors (Lipinski definition) is 0. The van der Waals surface area contributed by atoms with Gasteiger partial charge in [-0.25, -0.2) is 4.21 Å². The van der Waals surface area contributed by atoms with Crippen LogP contribution in [0.2, 0.25) is 0 Å². The van der Waals surface area contributed by atoms with Crippen molar-refractivity contribution in [3.63, 3.8) is 0 Å². The molecule has 6 heteroatoms.